The van der Waals surface area contributed by atoms with Gasteiger partial charge in [-0.15, -0.1) is 0 Å². The minimum Gasteiger partial charge on any atom is -0.336 e. The number of para-hydroxylation sites is 1. The summed E-state index contributed by atoms with van der Waals surface area (Å²) in [6, 6.07) is 17.4. The van der Waals surface area contributed by atoms with E-state index in [4.69, 9.17) is 0 Å². The van der Waals surface area contributed by atoms with Crippen LogP contribution in [-0.4, -0.2) is 60.4 Å². The number of hydrogen-bond donors (Lipinski definition) is 0. The van der Waals surface area contributed by atoms with Crippen molar-refractivity contribution < 1.29 is 9.59 Å². The zero-order chi connectivity index (χ0) is 18.8. The number of rotatable bonds is 3. The first-order valence-corrected chi connectivity index (χ1v) is 9.63. The Bertz CT molecular complexity index is 828. The SMILES string of the molecule is C[C@H](C(=O)N1CCc2ccccc21)N1CCN(C(=O)c2ccccc2)CC1. The van der Waals surface area contributed by atoms with Crippen LogP contribution in [0, 0.1) is 0 Å². The third kappa shape index (κ3) is 3.47. The van der Waals surface area contributed by atoms with Crippen LogP contribution in [0.2, 0.25) is 0 Å². The Hall–Kier alpha value is -2.66. The maximum atomic E-state index is 13.0. The second-order valence-corrected chi connectivity index (χ2v) is 7.24. The van der Waals surface area contributed by atoms with Crippen LogP contribution in [0.15, 0.2) is 54.6 Å². The third-order valence-corrected chi connectivity index (χ3v) is 5.68. The standard InChI is InChI=1S/C22H25N3O2/c1-17(21(26)25-12-11-18-7-5-6-10-20(18)25)23-13-15-24(16-14-23)22(27)19-8-3-2-4-9-19/h2-10,17H,11-16H2,1H3/t17-/m1/s1. The first-order valence-electron chi connectivity index (χ1n) is 9.63. The molecule has 2 heterocycles. The van der Waals surface area contributed by atoms with Crippen LogP contribution in [0.5, 0.6) is 0 Å². The maximum absolute atomic E-state index is 13.0. The molecule has 1 fully saturated rings. The summed E-state index contributed by atoms with van der Waals surface area (Å²) in [6.45, 7) is 5.50. The predicted octanol–water partition coefficient (Wildman–Crippen LogP) is 2.42. The molecule has 0 radical (unpaired) electrons. The van der Waals surface area contributed by atoms with Gasteiger partial charge in [-0.25, -0.2) is 0 Å². The van der Waals surface area contributed by atoms with Crippen LogP contribution in [0.25, 0.3) is 0 Å². The largest absolute Gasteiger partial charge is 0.336 e. The van der Waals surface area contributed by atoms with E-state index in [1.54, 1.807) is 0 Å². The van der Waals surface area contributed by atoms with E-state index in [2.05, 4.69) is 11.0 Å². The van der Waals surface area contributed by atoms with Gasteiger partial charge in [0, 0.05) is 44.0 Å². The molecule has 140 valence electrons. The monoisotopic (exact) mass is 363 g/mol. The fourth-order valence-corrected chi connectivity index (χ4v) is 4.02. The van der Waals surface area contributed by atoms with Gasteiger partial charge in [-0.2, -0.15) is 0 Å². The van der Waals surface area contributed by atoms with Crippen molar-refractivity contribution in [2.45, 2.75) is 19.4 Å². The molecule has 2 amide bonds. The number of carbonyl (C=O) groups is 2. The van der Waals surface area contributed by atoms with E-state index in [1.807, 2.05) is 65.3 Å². The van der Waals surface area contributed by atoms with Gasteiger partial charge in [-0.05, 0) is 37.1 Å². The lowest BCUT2D eigenvalue weighted by atomic mass is 10.1. The molecule has 1 saturated heterocycles. The van der Waals surface area contributed by atoms with Crippen molar-refractivity contribution in [2.75, 3.05) is 37.6 Å². The topological polar surface area (TPSA) is 43.9 Å². The smallest absolute Gasteiger partial charge is 0.253 e. The molecule has 1 atom stereocenters. The van der Waals surface area contributed by atoms with Gasteiger partial charge in [-0.3, -0.25) is 14.5 Å². The summed E-state index contributed by atoms with van der Waals surface area (Å²) < 4.78 is 0. The number of fused-ring (bicyclic) bond motifs is 1. The number of carbonyl (C=O) groups excluding carboxylic acids is 2. The minimum absolute atomic E-state index is 0.0719. The van der Waals surface area contributed by atoms with Crippen LogP contribution in [0.3, 0.4) is 0 Å². The quantitative estimate of drug-likeness (QED) is 0.841. The molecule has 0 N–H and O–H groups in total. The van der Waals surface area contributed by atoms with Gasteiger partial charge in [0.25, 0.3) is 5.91 Å². The predicted molar refractivity (Wildman–Crippen MR) is 106 cm³/mol. The number of amides is 2. The molecule has 2 aromatic carbocycles. The average Bonchev–Trinajstić information content (AvgIpc) is 3.17. The van der Waals surface area contributed by atoms with Gasteiger partial charge in [0.15, 0.2) is 0 Å². The van der Waals surface area contributed by atoms with Crippen molar-refractivity contribution in [1.82, 2.24) is 9.80 Å². The van der Waals surface area contributed by atoms with Crippen molar-refractivity contribution in [3.63, 3.8) is 0 Å². The van der Waals surface area contributed by atoms with Crippen LogP contribution < -0.4 is 4.90 Å². The van der Waals surface area contributed by atoms with Crippen LogP contribution in [-0.2, 0) is 11.2 Å². The van der Waals surface area contributed by atoms with Crippen molar-refractivity contribution in [2.24, 2.45) is 0 Å². The first kappa shape index (κ1) is 17.7. The highest BCUT2D eigenvalue weighted by Gasteiger charge is 2.33. The molecule has 0 spiro atoms. The van der Waals surface area contributed by atoms with Crippen LogP contribution in [0.1, 0.15) is 22.8 Å². The van der Waals surface area contributed by atoms with E-state index in [9.17, 15) is 9.59 Å². The minimum atomic E-state index is -0.176. The summed E-state index contributed by atoms with van der Waals surface area (Å²) in [5.74, 6) is 0.227. The highest BCUT2D eigenvalue weighted by molar-refractivity contribution is 5.98. The lowest BCUT2D eigenvalue weighted by Crippen LogP contribution is -2.55. The summed E-state index contributed by atoms with van der Waals surface area (Å²) in [4.78, 5) is 31.6. The molecule has 2 aliphatic heterocycles. The molecule has 27 heavy (non-hydrogen) atoms. The third-order valence-electron chi connectivity index (χ3n) is 5.68. The van der Waals surface area contributed by atoms with Crippen LogP contribution in [0.4, 0.5) is 5.69 Å². The fraction of sp³-hybridized carbons (Fsp3) is 0.364. The van der Waals surface area contributed by atoms with E-state index < -0.39 is 0 Å². The Labute approximate surface area is 160 Å². The van der Waals surface area contributed by atoms with Crippen LogP contribution >= 0.6 is 0 Å². The zero-order valence-corrected chi connectivity index (χ0v) is 15.7. The van der Waals surface area contributed by atoms with Crippen molar-refractivity contribution in [3.8, 4) is 0 Å². The number of piperazine rings is 1. The second kappa shape index (κ2) is 7.53. The molecule has 0 saturated carbocycles. The normalized spacial score (nSPS) is 18.3. The van der Waals surface area contributed by atoms with Gasteiger partial charge in [0.2, 0.25) is 5.91 Å². The molecule has 4 rings (SSSR count). The van der Waals surface area contributed by atoms with E-state index in [0.717, 1.165) is 37.3 Å². The molecule has 5 nitrogen and oxygen atoms in total. The molecule has 0 aliphatic carbocycles. The first-order chi connectivity index (χ1) is 13.1. The number of benzene rings is 2. The highest BCUT2D eigenvalue weighted by atomic mass is 16.2. The number of hydrogen-bond acceptors (Lipinski definition) is 3. The Balaban J connectivity index is 1.37. The van der Waals surface area contributed by atoms with Gasteiger partial charge in [-0.1, -0.05) is 36.4 Å². The molecule has 0 bridgehead atoms. The van der Waals surface area contributed by atoms with Crippen molar-refractivity contribution in [1.29, 1.82) is 0 Å². The number of anilines is 1. The lowest BCUT2D eigenvalue weighted by Gasteiger charge is -2.38. The lowest BCUT2D eigenvalue weighted by molar-refractivity contribution is -0.123. The highest BCUT2D eigenvalue weighted by Crippen LogP contribution is 2.28. The molecule has 5 heteroatoms. The maximum Gasteiger partial charge on any atom is 0.253 e. The second-order valence-electron chi connectivity index (χ2n) is 7.24. The van der Waals surface area contributed by atoms with Gasteiger partial charge >= 0.3 is 0 Å². The van der Waals surface area contributed by atoms with E-state index in [1.165, 1.54) is 5.56 Å². The molecule has 0 unspecified atom stereocenters. The van der Waals surface area contributed by atoms with E-state index in [0.29, 0.717) is 13.1 Å². The summed E-state index contributed by atoms with van der Waals surface area (Å²) in [7, 11) is 0. The molecular weight excluding hydrogens is 338 g/mol. The van der Waals surface area contributed by atoms with E-state index in [-0.39, 0.29) is 17.9 Å². The molecule has 2 aliphatic rings. The Morgan fingerprint density at radius 2 is 1.52 bits per heavy atom. The summed E-state index contributed by atoms with van der Waals surface area (Å²) in [5, 5.41) is 0. The zero-order valence-electron chi connectivity index (χ0n) is 15.7. The summed E-state index contributed by atoms with van der Waals surface area (Å²) in [6.07, 6.45) is 0.925. The molecule has 2 aromatic rings. The Morgan fingerprint density at radius 3 is 2.26 bits per heavy atom. The number of nitrogens with zero attached hydrogens (tertiary/aromatic N) is 3. The van der Waals surface area contributed by atoms with Crippen molar-refractivity contribution in [3.05, 3.63) is 65.7 Å². The van der Waals surface area contributed by atoms with Crippen molar-refractivity contribution >= 4 is 17.5 Å². The average molecular weight is 363 g/mol. The summed E-state index contributed by atoms with van der Waals surface area (Å²) >= 11 is 0. The molecular formula is C22H25N3O2. The van der Waals surface area contributed by atoms with Gasteiger partial charge in [0.1, 0.15) is 0 Å². The van der Waals surface area contributed by atoms with Gasteiger partial charge < -0.3 is 9.80 Å². The summed E-state index contributed by atoms with van der Waals surface area (Å²) in [5.41, 5.74) is 3.02. The Morgan fingerprint density at radius 1 is 0.852 bits per heavy atom. The van der Waals surface area contributed by atoms with E-state index >= 15 is 0 Å². The Kier molecular flexibility index (Phi) is 4.94. The van der Waals surface area contributed by atoms with Gasteiger partial charge in [0.05, 0.1) is 6.04 Å². The molecule has 0 aromatic heterocycles. The fourth-order valence-electron chi connectivity index (χ4n) is 4.02.